The van der Waals surface area contributed by atoms with E-state index in [9.17, 15) is 12.8 Å². The molecule has 0 unspecified atom stereocenters. The first-order valence-electron chi connectivity index (χ1n) is 7.67. The average molecular weight is 394 g/mol. The van der Waals surface area contributed by atoms with E-state index in [4.69, 9.17) is 0 Å². The fourth-order valence-corrected chi connectivity index (χ4v) is 5.57. The molecule has 0 saturated carbocycles. The molecule has 0 fully saturated rings. The summed E-state index contributed by atoms with van der Waals surface area (Å²) >= 11 is 3.12. The molecule has 130 valence electrons. The van der Waals surface area contributed by atoms with Crippen LogP contribution in [0, 0.1) is 5.82 Å². The Morgan fingerprint density at radius 3 is 2.48 bits per heavy atom. The van der Waals surface area contributed by atoms with Crippen LogP contribution in [0.15, 0.2) is 69.2 Å². The zero-order chi connectivity index (χ0) is 17.7. The Labute approximate surface area is 154 Å². The standard InChI is InChI=1S/C18H16FNO2S3/c19-15-7-9-16(10-8-15)25(21,22)12-4-11-23-18-20-17(13-24-18)14-5-2-1-3-6-14/h1-3,5-10,13H,4,11-12H2. The van der Waals surface area contributed by atoms with Gasteiger partial charge in [0.2, 0.25) is 0 Å². The minimum atomic E-state index is -3.37. The Morgan fingerprint density at radius 2 is 1.76 bits per heavy atom. The van der Waals surface area contributed by atoms with Crippen LogP contribution in [0.3, 0.4) is 0 Å². The van der Waals surface area contributed by atoms with Gasteiger partial charge in [-0.25, -0.2) is 17.8 Å². The van der Waals surface area contributed by atoms with Crippen molar-refractivity contribution in [1.82, 2.24) is 4.98 Å². The molecule has 3 aromatic rings. The molecule has 0 bridgehead atoms. The molecule has 2 aromatic carbocycles. The summed E-state index contributed by atoms with van der Waals surface area (Å²) in [6.07, 6.45) is 0.518. The van der Waals surface area contributed by atoms with Crippen LogP contribution in [0.25, 0.3) is 11.3 Å². The molecule has 0 spiro atoms. The van der Waals surface area contributed by atoms with E-state index in [0.717, 1.165) is 15.6 Å². The quantitative estimate of drug-likeness (QED) is 0.325. The summed E-state index contributed by atoms with van der Waals surface area (Å²) in [5.74, 6) is 0.276. The molecule has 0 radical (unpaired) electrons. The summed E-state index contributed by atoms with van der Waals surface area (Å²) in [7, 11) is -3.37. The van der Waals surface area contributed by atoms with Gasteiger partial charge in [0.25, 0.3) is 0 Å². The molecule has 0 atom stereocenters. The molecular formula is C18H16FNO2S3. The Bertz CT molecular complexity index is 922. The van der Waals surface area contributed by atoms with Gasteiger partial charge in [0.15, 0.2) is 14.2 Å². The van der Waals surface area contributed by atoms with Crippen LogP contribution in [0.4, 0.5) is 4.39 Å². The number of thiazole rings is 1. The van der Waals surface area contributed by atoms with Gasteiger partial charge in [-0.05, 0) is 30.7 Å². The highest BCUT2D eigenvalue weighted by atomic mass is 32.2. The monoisotopic (exact) mass is 393 g/mol. The van der Waals surface area contributed by atoms with Crippen molar-refractivity contribution in [2.45, 2.75) is 15.7 Å². The van der Waals surface area contributed by atoms with Gasteiger partial charge in [0, 0.05) is 16.7 Å². The fraction of sp³-hybridized carbons (Fsp3) is 0.167. The molecule has 0 amide bonds. The van der Waals surface area contributed by atoms with Crippen LogP contribution in [-0.4, -0.2) is 24.9 Å². The second kappa shape index (κ2) is 8.12. The Hall–Kier alpha value is -1.70. The molecule has 7 heteroatoms. The summed E-state index contributed by atoms with van der Waals surface area (Å²) in [5, 5.41) is 2.01. The van der Waals surface area contributed by atoms with Crippen LogP contribution in [0.2, 0.25) is 0 Å². The highest BCUT2D eigenvalue weighted by Crippen LogP contribution is 2.28. The summed E-state index contributed by atoms with van der Waals surface area (Å²) in [4.78, 5) is 4.74. The molecule has 0 saturated heterocycles. The normalized spacial score (nSPS) is 11.6. The van der Waals surface area contributed by atoms with E-state index in [1.165, 1.54) is 24.3 Å². The van der Waals surface area contributed by atoms with Crippen LogP contribution < -0.4 is 0 Å². The molecule has 3 rings (SSSR count). The van der Waals surface area contributed by atoms with Gasteiger partial charge in [0.05, 0.1) is 16.3 Å². The molecule has 1 heterocycles. The third-order valence-electron chi connectivity index (χ3n) is 3.51. The number of aromatic nitrogens is 1. The minimum Gasteiger partial charge on any atom is -0.230 e. The van der Waals surface area contributed by atoms with E-state index in [-0.39, 0.29) is 10.6 Å². The van der Waals surface area contributed by atoms with Crippen molar-refractivity contribution < 1.29 is 12.8 Å². The number of rotatable bonds is 7. The molecule has 0 aliphatic rings. The fourth-order valence-electron chi connectivity index (χ4n) is 2.23. The molecule has 3 nitrogen and oxygen atoms in total. The first kappa shape index (κ1) is 18.1. The number of sulfone groups is 1. The van der Waals surface area contributed by atoms with E-state index in [2.05, 4.69) is 4.98 Å². The van der Waals surface area contributed by atoms with Gasteiger partial charge >= 0.3 is 0 Å². The maximum absolute atomic E-state index is 12.9. The SMILES string of the molecule is O=S(=O)(CCCSc1nc(-c2ccccc2)cs1)c1ccc(F)cc1. The van der Waals surface area contributed by atoms with E-state index in [1.807, 2.05) is 35.7 Å². The number of halogens is 1. The predicted octanol–water partition coefficient (Wildman–Crippen LogP) is 4.91. The molecule has 0 N–H and O–H groups in total. The van der Waals surface area contributed by atoms with Gasteiger partial charge < -0.3 is 0 Å². The van der Waals surface area contributed by atoms with Crippen LogP contribution >= 0.6 is 23.1 Å². The molecule has 1 aromatic heterocycles. The zero-order valence-electron chi connectivity index (χ0n) is 13.3. The molecule has 0 aliphatic heterocycles. The van der Waals surface area contributed by atoms with Crippen molar-refractivity contribution in [1.29, 1.82) is 0 Å². The number of benzene rings is 2. The topological polar surface area (TPSA) is 47.0 Å². The first-order valence-corrected chi connectivity index (χ1v) is 11.2. The lowest BCUT2D eigenvalue weighted by atomic mass is 10.2. The Balaban J connectivity index is 1.52. The van der Waals surface area contributed by atoms with Gasteiger partial charge in [-0.1, -0.05) is 42.1 Å². The van der Waals surface area contributed by atoms with Crippen molar-refractivity contribution in [2.75, 3.05) is 11.5 Å². The maximum atomic E-state index is 12.9. The lowest BCUT2D eigenvalue weighted by Gasteiger charge is -2.04. The molecule has 0 aliphatic carbocycles. The summed E-state index contributed by atoms with van der Waals surface area (Å²) in [5.41, 5.74) is 2.01. The van der Waals surface area contributed by atoms with Gasteiger partial charge in [-0.15, -0.1) is 11.3 Å². The van der Waals surface area contributed by atoms with Gasteiger partial charge in [-0.2, -0.15) is 0 Å². The number of thioether (sulfide) groups is 1. The maximum Gasteiger partial charge on any atom is 0.178 e. The number of hydrogen-bond acceptors (Lipinski definition) is 5. The highest BCUT2D eigenvalue weighted by Gasteiger charge is 2.14. The van der Waals surface area contributed by atoms with E-state index in [1.54, 1.807) is 23.1 Å². The van der Waals surface area contributed by atoms with Crippen molar-refractivity contribution in [3.05, 3.63) is 65.8 Å². The lowest BCUT2D eigenvalue weighted by Crippen LogP contribution is -2.07. The zero-order valence-corrected chi connectivity index (χ0v) is 15.7. The Kier molecular flexibility index (Phi) is 5.88. The van der Waals surface area contributed by atoms with Gasteiger partial charge in [0.1, 0.15) is 5.82 Å². The number of nitrogens with zero attached hydrogens (tertiary/aromatic N) is 1. The second-order valence-corrected chi connectivity index (χ2v) is 9.65. The predicted molar refractivity (Wildman–Crippen MR) is 101 cm³/mol. The van der Waals surface area contributed by atoms with Crippen molar-refractivity contribution in [3.8, 4) is 11.3 Å². The van der Waals surface area contributed by atoms with Crippen LogP contribution in [0.1, 0.15) is 6.42 Å². The lowest BCUT2D eigenvalue weighted by molar-refractivity contribution is 0.593. The van der Waals surface area contributed by atoms with Crippen molar-refractivity contribution >= 4 is 32.9 Å². The summed E-state index contributed by atoms with van der Waals surface area (Å²) in [6, 6.07) is 14.9. The van der Waals surface area contributed by atoms with E-state index < -0.39 is 15.7 Å². The van der Waals surface area contributed by atoms with Crippen molar-refractivity contribution in [3.63, 3.8) is 0 Å². The van der Waals surface area contributed by atoms with Crippen LogP contribution in [0.5, 0.6) is 0 Å². The van der Waals surface area contributed by atoms with E-state index >= 15 is 0 Å². The Morgan fingerprint density at radius 1 is 1.04 bits per heavy atom. The third kappa shape index (κ3) is 4.90. The average Bonchev–Trinajstić information content (AvgIpc) is 3.09. The smallest absolute Gasteiger partial charge is 0.178 e. The summed E-state index contributed by atoms with van der Waals surface area (Å²) in [6.45, 7) is 0. The largest absolute Gasteiger partial charge is 0.230 e. The van der Waals surface area contributed by atoms with Gasteiger partial charge in [-0.3, -0.25) is 0 Å². The number of hydrogen-bond donors (Lipinski definition) is 0. The van der Waals surface area contributed by atoms with Crippen molar-refractivity contribution in [2.24, 2.45) is 0 Å². The van der Waals surface area contributed by atoms with E-state index in [0.29, 0.717) is 12.2 Å². The third-order valence-corrected chi connectivity index (χ3v) is 7.43. The minimum absolute atomic E-state index is 0.0442. The van der Waals surface area contributed by atoms with Crippen LogP contribution in [-0.2, 0) is 9.84 Å². The second-order valence-electron chi connectivity index (χ2n) is 5.34. The molecular weight excluding hydrogens is 377 g/mol. The highest BCUT2D eigenvalue weighted by molar-refractivity contribution is 8.01. The summed E-state index contributed by atoms with van der Waals surface area (Å²) < 4.78 is 38.2. The first-order chi connectivity index (χ1) is 12.0. The molecule has 25 heavy (non-hydrogen) atoms.